The summed E-state index contributed by atoms with van der Waals surface area (Å²) in [4.78, 5) is 40.1. The molecule has 0 aliphatic heterocycles. The van der Waals surface area contributed by atoms with Crippen LogP contribution in [0.2, 0.25) is 0 Å². The predicted octanol–water partition coefficient (Wildman–Crippen LogP) is 7.13. The smallest absolute Gasteiger partial charge is 0.283 e. The molecule has 3 fully saturated rings. The lowest BCUT2D eigenvalue weighted by Crippen LogP contribution is -2.64. The van der Waals surface area contributed by atoms with E-state index in [1.54, 1.807) is 6.92 Å². The van der Waals surface area contributed by atoms with Crippen LogP contribution in [-0.4, -0.2) is 27.5 Å². The minimum Gasteiger partial charge on any atom is -0.418 e. The van der Waals surface area contributed by atoms with E-state index in [0.29, 0.717) is 12.3 Å². The van der Waals surface area contributed by atoms with Gasteiger partial charge in [-0.3, -0.25) is 14.4 Å². The zero-order chi connectivity index (χ0) is 30.7. The van der Waals surface area contributed by atoms with Gasteiger partial charge in [0.1, 0.15) is 6.07 Å². The summed E-state index contributed by atoms with van der Waals surface area (Å²) in [5, 5.41) is 18.4. The highest BCUT2D eigenvalue weighted by atomic mass is 16.4. The van der Waals surface area contributed by atoms with Crippen molar-refractivity contribution in [3.05, 3.63) is 35.1 Å². The summed E-state index contributed by atoms with van der Waals surface area (Å²) in [6.45, 7) is 17.1. The summed E-state index contributed by atoms with van der Waals surface area (Å²) >= 11 is 0. The van der Waals surface area contributed by atoms with Gasteiger partial charge in [-0.15, -0.1) is 10.2 Å². The van der Waals surface area contributed by atoms with Gasteiger partial charge >= 0.3 is 0 Å². The molecule has 0 unspecified atom stereocenters. The zero-order valence-corrected chi connectivity index (χ0v) is 26.5. The Morgan fingerprint density at radius 1 is 1.02 bits per heavy atom. The molecule has 1 aromatic rings. The minimum absolute atomic E-state index is 0.0252. The van der Waals surface area contributed by atoms with E-state index in [0.717, 1.165) is 50.5 Å². The van der Waals surface area contributed by atoms with Crippen molar-refractivity contribution in [2.24, 2.45) is 44.8 Å². The van der Waals surface area contributed by atoms with Gasteiger partial charge in [-0.1, -0.05) is 67.0 Å². The number of rotatable bonds is 3. The lowest BCUT2D eigenvalue weighted by Gasteiger charge is -2.69. The fraction of sp³-hybridized carbons (Fsp3) is 0.714. The monoisotopic (exact) mass is 571 g/mol. The lowest BCUT2D eigenvalue weighted by molar-refractivity contribution is -0.166. The number of hydrogen-bond acceptors (Lipinski definition) is 7. The number of allylic oxidation sites excluding steroid dienone is 4. The minimum atomic E-state index is -0.671. The Bertz CT molecular complexity index is 1510. The molecule has 0 N–H and O–H groups in total. The first kappa shape index (κ1) is 29.2. The number of Topliss-reactive ketones (excluding diaryl/α,β-unsaturated/α-hetero) is 2. The number of hydrogen-bond donors (Lipinski definition) is 0. The van der Waals surface area contributed by atoms with Crippen molar-refractivity contribution in [1.82, 2.24) is 10.2 Å². The van der Waals surface area contributed by atoms with E-state index in [1.807, 2.05) is 26.0 Å². The Morgan fingerprint density at radius 2 is 1.71 bits per heavy atom. The molecule has 5 aliphatic carbocycles. The number of nitriles is 1. The summed E-state index contributed by atoms with van der Waals surface area (Å²) in [5.74, 6) is 0.553. The summed E-state index contributed by atoms with van der Waals surface area (Å²) < 4.78 is 5.98. The van der Waals surface area contributed by atoms with Gasteiger partial charge in [0.25, 0.3) is 5.89 Å². The van der Waals surface area contributed by atoms with E-state index in [-0.39, 0.29) is 62.8 Å². The highest BCUT2D eigenvalue weighted by Crippen LogP contribution is 2.74. The van der Waals surface area contributed by atoms with Crippen LogP contribution in [0.25, 0.3) is 0 Å². The third kappa shape index (κ3) is 3.53. The van der Waals surface area contributed by atoms with Crippen LogP contribution >= 0.6 is 0 Å². The van der Waals surface area contributed by atoms with Crippen LogP contribution in [-0.2, 0) is 15.0 Å². The van der Waals surface area contributed by atoms with E-state index >= 15 is 0 Å². The second-order valence-corrected chi connectivity index (χ2v) is 16.0. The molecule has 6 rings (SSSR count). The molecule has 42 heavy (non-hydrogen) atoms. The summed E-state index contributed by atoms with van der Waals surface area (Å²) in [6.07, 6.45) is 10.6. The number of nitrogens with zero attached hydrogens (tertiary/aromatic N) is 3. The summed E-state index contributed by atoms with van der Waals surface area (Å²) in [7, 11) is 0. The Labute approximate surface area is 249 Å². The molecule has 224 valence electrons. The van der Waals surface area contributed by atoms with Crippen molar-refractivity contribution in [3.63, 3.8) is 0 Å². The van der Waals surface area contributed by atoms with Gasteiger partial charge < -0.3 is 4.42 Å². The average Bonchev–Trinajstić information content (AvgIpc) is 3.44. The quantitative estimate of drug-likeness (QED) is 0.354. The first-order valence-electron chi connectivity index (χ1n) is 15.8. The van der Waals surface area contributed by atoms with Crippen molar-refractivity contribution in [1.29, 1.82) is 5.26 Å². The average molecular weight is 572 g/mol. The highest BCUT2D eigenvalue weighted by molar-refractivity contribution is 6.04. The third-order valence-corrected chi connectivity index (χ3v) is 13.6. The molecule has 7 nitrogen and oxygen atoms in total. The number of ketones is 3. The molecule has 0 radical (unpaired) electrons. The fourth-order valence-electron chi connectivity index (χ4n) is 10.6. The lowest BCUT2D eigenvalue weighted by atomic mass is 9.34. The van der Waals surface area contributed by atoms with Crippen molar-refractivity contribution < 1.29 is 18.8 Å². The van der Waals surface area contributed by atoms with E-state index in [4.69, 9.17) is 4.42 Å². The Balaban J connectivity index is 1.45. The molecule has 0 amide bonds. The van der Waals surface area contributed by atoms with Gasteiger partial charge in [0.15, 0.2) is 11.6 Å². The van der Waals surface area contributed by atoms with E-state index in [2.05, 4.69) is 50.9 Å². The first-order chi connectivity index (χ1) is 19.5. The molecule has 0 spiro atoms. The van der Waals surface area contributed by atoms with Crippen LogP contribution in [0.15, 0.2) is 27.7 Å². The molecular formula is C35H45N3O4. The van der Waals surface area contributed by atoms with Gasteiger partial charge in [0.05, 0.1) is 5.57 Å². The van der Waals surface area contributed by atoms with Gasteiger partial charge in [0, 0.05) is 28.6 Å². The molecular weight excluding hydrogens is 526 g/mol. The highest BCUT2D eigenvalue weighted by Gasteiger charge is 2.69. The Hall–Kier alpha value is -2.88. The molecule has 1 aromatic heterocycles. The Kier molecular flexibility index (Phi) is 6.14. The van der Waals surface area contributed by atoms with Crippen LogP contribution in [0.1, 0.15) is 123 Å². The van der Waals surface area contributed by atoms with Gasteiger partial charge in [-0.2, -0.15) is 5.26 Å². The normalized spacial score (nSPS) is 44.0. The topological polar surface area (TPSA) is 114 Å². The maximum atomic E-state index is 14.6. The van der Waals surface area contributed by atoms with Crippen molar-refractivity contribution in [3.8, 4) is 6.07 Å². The second kappa shape index (κ2) is 8.83. The van der Waals surface area contributed by atoms with Gasteiger partial charge in [0.2, 0.25) is 11.7 Å². The van der Waals surface area contributed by atoms with E-state index in [9.17, 15) is 19.6 Å². The molecule has 3 saturated carbocycles. The molecule has 5 aliphatic rings. The van der Waals surface area contributed by atoms with E-state index in [1.165, 1.54) is 0 Å². The number of carbonyl (C=O) groups is 3. The number of fused-ring (bicyclic) bond motifs is 7. The van der Waals surface area contributed by atoms with Crippen LogP contribution < -0.4 is 0 Å². The Morgan fingerprint density at radius 3 is 2.38 bits per heavy atom. The van der Waals surface area contributed by atoms with Crippen LogP contribution in [0.5, 0.6) is 0 Å². The standard InChI is InChI=1S/C35H45N3O4/c1-9-22(39)28-37-38-29(42-28)32(5)13-12-31(4)14-15-35(8)26(21(31)18-32)23(40)16-25-33(6)17-20(19-36)27(41)30(2,3)24(33)10-11-34(25,35)7/h16-17,21,24,26H,9-15,18H2,1-8H3/t21-,24-,26-,31+,32-,33-,34+,35+/m0/s1. The maximum Gasteiger partial charge on any atom is 0.283 e. The zero-order valence-electron chi connectivity index (χ0n) is 26.5. The van der Waals surface area contributed by atoms with Crippen LogP contribution in [0.4, 0.5) is 0 Å². The van der Waals surface area contributed by atoms with Crippen LogP contribution in [0, 0.1) is 56.2 Å². The fourth-order valence-corrected chi connectivity index (χ4v) is 10.6. The van der Waals surface area contributed by atoms with Gasteiger partial charge in [-0.05, 0) is 79.1 Å². The molecule has 0 bridgehead atoms. The largest absolute Gasteiger partial charge is 0.418 e. The molecule has 1 heterocycles. The summed E-state index contributed by atoms with van der Waals surface area (Å²) in [5.41, 5.74) is -0.761. The number of aromatic nitrogens is 2. The van der Waals surface area contributed by atoms with Crippen molar-refractivity contribution in [2.75, 3.05) is 0 Å². The van der Waals surface area contributed by atoms with Gasteiger partial charge in [-0.25, -0.2) is 0 Å². The van der Waals surface area contributed by atoms with Crippen molar-refractivity contribution in [2.45, 2.75) is 112 Å². The number of carbonyl (C=O) groups excluding carboxylic acids is 3. The SMILES string of the molecule is CCC(=O)c1nnc([C@@]2(C)CC[C@]3(C)CC[C@]4(C)[C@H](C(=O)C=C5[C@@]6(C)C=C(C#N)C(=O)C(C)(C)[C@@H]6CC[C@]54C)[C@@H]3C2)o1. The van der Waals surface area contributed by atoms with E-state index < -0.39 is 16.2 Å². The molecule has 0 aromatic carbocycles. The first-order valence-corrected chi connectivity index (χ1v) is 15.8. The van der Waals surface area contributed by atoms with Crippen molar-refractivity contribution >= 4 is 17.3 Å². The molecule has 7 heteroatoms. The maximum absolute atomic E-state index is 14.6. The molecule has 8 atom stereocenters. The summed E-state index contributed by atoms with van der Waals surface area (Å²) in [6, 6.07) is 2.19. The third-order valence-electron chi connectivity index (χ3n) is 13.6. The van der Waals surface area contributed by atoms with Crippen LogP contribution in [0.3, 0.4) is 0 Å². The second-order valence-electron chi connectivity index (χ2n) is 16.0. The predicted molar refractivity (Wildman–Crippen MR) is 157 cm³/mol. The molecule has 0 saturated heterocycles.